The fourth-order valence-corrected chi connectivity index (χ4v) is 2.43. The Labute approximate surface area is 136 Å². The molecular formula is C19H22FNO2. The molecule has 0 aliphatic heterocycles. The highest BCUT2D eigenvalue weighted by atomic mass is 19.1. The topological polar surface area (TPSA) is 38.3 Å². The van der Waals surface area contributed by atoms with E-state index in [9.17, 15) is 9.18 Å². The molecule has 23 heavy (non-hydrogen) atoms. The van der Waals surface area contributed by atoms with E-state index in [-0.39, 0.29) is 17.8 Å². The van der Waals surface area contributed by atoms with Crippen molar-refractivity contribution in [3.05, 3.63) is 65.5 Å². The molecule has 1 atom stereocenters. The predicted octanol–water partition coefficient (Wildman–Crippen LogP) is 4.03. The van der Waals surface area contributed by atoms with Crippen LogP contribution in [0.3, 0.4) is 0 Å². The molecule has 2 aromatic carbocycles. The van der Waals surface area contributed by atoms with Crippen molar-refractivity contribution >= 4 is 5.91 Å². The standard InChI is InChI=1S/C19H22FNO2/c1-3-18(15-7-11-17(23-2)12-8-15)21-19(22)13-6-14-4-9-16(20)10-5-14/h4-5,7-12,18H,3,6,13H2,1-2H3,(H,21,22)/t18-/m0/s1. The first-order valence-corrected chi connectivity index (χ1v) is 7.80. The van der Waals surface area contributed by atoms with Gasteiger partial charge in [0.2, 0.25) is 5.91 Å². The smallest absolute Gasteiger partial charge is 0.220 e. The first kappa shape index (κ1) is 17.0. The maximum atomic E-state index is 12.9. The second-order valence-electron chi connectivity index (χ2n) is 5.43. The van der Waals surface area contributed by atoms with E-state index >= 15 is 0 Å². The zero-order valence-corrected chi connectivity index (χ0v) is 13.5. The number of nitrogens with one attached hydrogen (secondary N) is 1. The van der Waals surface area contributed by atoms with Crippen molar-refractivity contribution in [2.45, 2.75) is 32.2 Å². The molecule has 0 aliphatic rings. The van der Waals surface area contributed by atoms with Gasteiger partial charge in [-0.2, -0.15) is 0 Å². The average Bonchev–Trinajstić information content (AvgIpc) is 2.59. The number of hydrogen-bond acceptors (Lipinski definition) is 2. The summed E-state index contributed by atoms with van der Waals surface area (Å²) in [6, 6.07) is 14.0. The number of hydrogen-bond donors (Lipinski definition) is 1. The van der Waals surface area contributed by atoms with E-state index < -0.39 is 0 Å². The number of carbonyl (C=O) groups excluding carboxylic acids is 1. The molecule has 0 saturated heterocycles. The minimum Gasteiger partial charge on any atom is -0.497 e. The summed E-state index contributed by atoms with van der Waals surface area (Å²) < 4.78 is 18.0. The Morgan fingerprint density at radius 2 is 1.78 bits per heavy atom. The maximum Gasteiger partial charge on any atom is 0.220 e. The minimum absolute atomic E-state index is 0.00278. The van der Waals surface area contributed by atoms with Gasteiger partial charge in [-0.15, -0.1) is 0 Å². The van der Waals surface area contributed by atoms with Gasteiger partial charge < -0.3 is 10.1 Å². The van der Waals surface area contributed by atoms with Gasteiger partial charge in [-0.1, -0.05) is 31.2 Å². The third-order valence-electron chi connectivity index (χ3n) is 3.82. The number of aryl methyl sites for hydroxylation is 1. The first-order chi connectivity index (χ1) is 11.1. The van der Waals surface area contributed by atoms with Crippen LogP contribution in [0.2, 0.25) is 0 Å². The molecule has 0 saturated carbocycles. The fourth-order valence-electron chi connectivity index (χ4n) is 2.43. The number of halogens is 1. The Morgan fingerprint density at radius 1 is 1.13 bits per heavy atom. The van der Waals surface area contributed by atoms with Crippen LogP contribution in [0.5, 0.6) is 5.75 Å². The Hall–Kier alpha value is -2.36. The number of rotatable bonds is 7. The van der Waals surface area contributed by atoms with Gasteiger partial charge in [0.1, 0.15) is 11.6 Å². The van der Waals surface area contributed by atoms with Crippen molar-refractivity contribution in [3.63, 3.8) is 0 Å². The van der Waals surface area contributed by atoms with Crippen molar-refractivity contribution in [2.24, 2.45) is 0 Å². The first-order valence-electron chi connectivity index (χ1n) is 7.80. The molecule has 0 fully saturated rings. The van der Waals surface area contributed by atoms with E-state index in [1.54, 1.807) is 19.2 Å². The number of amides is 1. The normalized spacial score (nSPS) is 11.8. The van der Waals surface area contributed by atoms with Crippen LogP contribution in [0, 0.1) is 5.82 Å². The van der Waals surface area contributed by atoms with Gasteiger partial charge in [0, 0.05) is 6.42 Å². The van der Waals surface area contributed by atoms with Gasteiger partial charge in [-0.25, -0.2) is 4.39 Å². The zero-order chi connectivity index (χ0) is 16.7. The predicted molar refractivity (Wildman–Crippen MR) is 88.9 cm³/mol. The summed E-state index contributed by atoms with van der Waals surface area (Å²) in [4.78, 5) is 12.1. The third-order valence-corrected chi connectivity index (χ3v) is 3.82. The summed E-state index contributed by atoms with van der Waals surface area (Å²) in [6.45, 7) is 2.04. The summed E-state index contributed by atoms with van der Waals surface area (Å²) >= 11 is 0. The second-order valence-corrected chi connectivity index (χ2v) is 5.43. The van der Waals surface area contributed by atoms with Gasteiger partial charge in [-0.05, 0) is 48.2 Å². The number of carbonyl (C=O) groups is 1. The SMILES string of the molecule is CC[C@H](NC(=O)CCc1ccc(F)cc1)c1ccc(OC)cc1. The van der Waals surface area contributed by atoms with Crippen LogP contribution in [0.4, 0.5) is 4.39 Å². The lowest BCUT2D eigenvalue weighted by Gasteiger charge is -2.18. The maximum absolute atomic E-state index is 12.9. The average molecular weight is 315 g/mol. The van der Waals surface area contributed by atoms with Crippen LogP contribution < -0.4 is 10.1 Å². The molecule has 122 valence electrons. The van der Waals surface area contributed by atoms with Gasteiger partial charge in [0.25, 0.3) is 0 Å². The van der Waals surface area contributed by atoms with Crippen molar-refractivity contribution in [2.75, 3.05) is 7.11 Å². The van der Waals surface area contributed by atoms with E-state index in [0.717, 1.165) is 23.3 Å². The molecule has 2 aromatic rings. The summed E-state index contributed by atoms with van der Waals surface area (Å²) in [5, 5.41) is 3.05. The van der Waals surface area contributed by atoms with Crippen molar-refractivity contribution < 1.29 is 13.9 Å². The third kappa shape index (κ3) is 5.09. The molecule has 0 aromatic heterocycles. The fraction of sp³-hybridized carbons (Fsp3) is 0.316. The Balaban J connectivity index is 1.89. The van der Waals surface area contributed by atoms with Crippen molar-refractivity contribution in [1.82, 2.24) is 5.32 Å². The molecule has 0 heterocycles. The van der Waals surface area contributed by atoms with Crippen LogP contribution in [0.1, 0.15) is 36.9 Å². The minimum atomic E-state index is -0.260. The van der Waals surface area contributed by atoms with Gasteiger partial charge in [0.15, 0.2) is 0 Å². The molecule has 0 radical (unpaired) electrons. The molecule has 0 unspecified atom stereocenters. The lowest BCUT2D eigenvalue weighted by molar-refractivity contribution is -0.121. The second kappa shape index (κ2) is 8.32. The highest BCUT2D eigenvalue weighted by Crippen LogP contribution is 2.20. The molecule has 4 heteroatoms. The monoisotopic (exact) mass is 315 g/mol. The van der Waals surface area contributed by atoms with Gasteiger partial charge in [0.05, 0.1) is 13.2 Å². The van der Waals surface area contributed by atoms with Crippen LogP contribution in [0.15, 0.2) is 48.5 Å². The molecule has 1 N–H and O–H groups in total. The Bertz CT molecular complexity index is 623. The molecule has 0 bridgehead atoms. The number of ether oxygens (including phenoxy) is 1. The van der Waals surface area contributed by atoms with Crippen molar-refractivity contribution in [3.8, 4) is 5.75 Å². The van der Waals surface area contributed by atoms with Gasteiger partial charge in [-0.3, -0.25) is 4.79 Å². The van der Waals surface area contributed by atoms with Crippen LogP contribution in [-0.2, 0) is 11.2 Å². The van der Waals surface area contributed by atoms with E-state index in [1.165, 1.54) is 12.1 Å². The zero-order valence-electron chi connectivity index (χ0n) is 13.5. The van der Waals surface area contributed by atoms with Gasteiger partial charge >= 0.3 is 0 Å². The van der Waals surface area contributed by atoms with E-state index in [0.29, 0.717) is 12.8 Å². The van der Waals surface area contributed by atoms with Crippen molar-refractivity contribution in [1.29, 1.82) is 0 Å². The number of benzene rings is 2. The molecule has 1 amide bonds. The molecular weight excluding hydrogens is 293 g/mol. The van der Waals surface area contributed by atoms with Crippen LogP contribution in [0.25, 0.3) is 0 Å². The van der Waals surface area contributed by atoms with E-state index in [2.05, 4.69) is 5.32 Å². The van der Waals surface area contributed by atoms with Crippen LogP contribution in [-0.4, -0.2) is 13.0 Å². The molecule has 3 nitrogen and oxygen atoms in total. The van der Waals surface area contributed by atoms with E-state index in [4.69, 9.17) is 4.74 Å². The van der Waals surface area contributed by atoms with E-state index in [1.807, 2.05) is 31.2 Å². The summed E-state index contributed by atoms with van der Waals surface area (Å²) in [5.41, 5.74) is 2.02. The molecule has 0 spiro atoms. The largest absolute Gasteiger partial charge is 0.497 e. The quantitative estimate of drug-likeness (QED) is 0.837. The summed E-state index contributed by atoms with van der Waals surface area (Å²) in [6.07, 6.45) is 1.80. The lowest BCUT2D eigenvalue weighted by atomic mass is 10.0. The number of methoxy groups -OCH3 is 1. The summed E-state index contributed by atoms with van der Waals surface area (Å²) in [5.74, 6) is 0.534. The summed E-state index contributed by atoms with van der Waals surface area (Å²) in [7, 11) is 1.63. The molecule has 2 rings (SSSR count). The Kier molecular flexibility index (Phi) is 6.15. The lowest BCUT2D eigenvalue weighted by Crippen LogP contribution is -2.28. The Morgan fingerprint density at radius 3 is 2.35 bits per heavy atom. The highest BCUT2D eigenvalue weighted by Gasteiger charge is 2.12. The molecule has 0 aliphatic carbocycles. The van der Waals surface area contributed by atoms with Crippen LogP contribution >= 0.6 is 0 Å². The highest BCUT2D eigenvalue weighted by molar-refractivity contribution is 5.76.